The van der Waals surface area contributed by atoms with Gasteiger partial charge in [-0.15, -0.1) is 0 Å². The maximum atomic E-state index is 10.9. The summed E-state index contributed by atoms with van der Waals surface area (Å²) in [4.78, 5) is 26.5. The van der Waals surface area contributed by atoms with E-state index >= 15 is 0 Å². The van der Waals surface area contributed by atoms with Crippen LogP contribution in [0, 0.1) is 10.1 Å². The van der Waals surface area contributed by atoms with Crippen LogP contribution in [0.5, 0.6) is 0 Å². The molecule has 9 heteroatoms. The van der Waals surface area contributed by atoms with Crippen molar-refractivity contribution in [2.75, 3.05) is 0 Å². The number of aromatic nitrogens is 2. The van der Waals surface area contributed by atoms with Crippen molar-refractivity contribution in [3.05, 3.63) is 45.9 Å². The summed E-state index contributed by atoms with van der Waals surface area (Å²) in [6, 6.07) is 6.37. The van der Waals surface area contributed by atoms with E-state index in [1.165, 1.54) is 23.9 Å². The fourth-order valence-corrected chi connectivity index (χ4v) is 3.46. The highest BCUT2D eigenvalue weighted by Crippen LogP contribution is 2.35. The summed E-state index contributed by atoms with van der Waals surface area (Å²) in [6.45, 7) is 4.02. The van der Waals surface area contributed by atoms with Gasteiger partial charge in [-0.2, -0.15) is 0 Å². The number of carbonyl (C=O) groups is 1. The molecule has 8 nitrogen and oxygen atoms in total. The van der Waals surface area contributed by atoms with E-state index in [0.29, 0.717) is 10.7 Å². The molecule has 0 saturated carbocycles. The average molecular weight is 350 g/mol. The van der Waals surface area contributed by atoms with Crippen molar-refractivity contribution in [1.82, 2.24) is 9.55 Å². The zero-order valence-electron chi connectivity index (χ0n) is 13.6. The van der Waals surface area contributed by atoms with Gasteiger partial charge in [-0.25, -0.2) is 9.78 Å². The Morgan fingerprint density at radius 2 is 2.21 bits per heavy atom. The summed E-state index contributed by atoms with van der Waals surface area (Å²) < 4.78 is 6.67. The zero-order chi connectivity index (χ0) is 17.9. The number of nitro benzene ring substituents is 1. The molecule has 0 aliphatic rings. The standard InChI is InChI=1S/C15H18N4O4S/c1-9(2)13-14(17-12(18(13)3)8-23-15(16)20)24-11-6-4-5-10(7-11)19(21)22/h4-7,9H,8H2,1-3H3,(H2,16,20). The van der Waals surface area contributed by atoms with Crippen LogP contribution in [0.3, 0.4) is 0 Å². The largest absolute Gasteiger partial charge is 0.442 e. The van der Waals surface area contributed by atoms with Gasteiger partial charge >= 0.3 is 6.09 Å². The minimum absolute atomic E-state index is 0.0267. The first-order valence-electron chi connectivity index (χ1n) is 7.19. The molecule has 0 spiro atoms. The van der Waals surface area contributed by atoms with Gasteiger partial charge in [-0.1, -0.05) is 31.7 Å². The van der Waals surface area contributed by atoms with Crippen molar-refractivity contribution in [3.8, 4) is 0 Å². The normalized spacial score (nSPS) is 10.8. The lowest BCUT2D eigenvalue weighted by molar-refractivity contribution is -0.385. The fraction of sp³-hybridized carbons (Fsp3) is 0.333. The Kier molecular flexibility index (Phi) is 5.45. The van der Waals surface area contributed by atoms with E-state index in [4.69, 9.17) is 10.5 Å². The Balaban J connectivity index is 2.35. The maximum absolute atomic E-state index is 10.9. The van der Waals surface area contributed by atoms with Crippen molar-refractivity contribution < 1.29 is 14.5 Å². The fourth-order valence-electron chi connectivity index (χ4n) is 2.28. The average Bonchev–Trinajstić information content (AvgIpc) is 2.81. The SMILES string of the molecule is CC(C)c1c(Sc2cccc([N+](=O)[O-])c2)nc(COC(N)=O)n1C. The Hall–Kier alpha value is -2.55. The minimum atomic E-state index is -0.864. The Bertz CT molecular complexity index is 773. The van der Waals surface area contributed by atoms with Gasteiger partial charge in [0.05, 0.1) is 10.6 Å². The number of hydrogen-bond donors (Lipinski definition) is 1. The summed E-state index contributed by atoms with van der Waals surface area (Å²) in [5.41, 5.74) is 5.98. The summed E-state index contributed by atoms with van der Waals surface area (Å²) in [6.07, 6.45) is -0.864. The number of ether oxygens (including phenoxy) is 1. The number of benzene rings is 1. The van der Waals surface area contributed by atoms with Crippen LogP contribution >= 0.6 is 11.8 Å². The smallest absolute Gasteiger partial charge is 0.404 e. The van der Waals surface area contributed by atoms with Crippen molar-refractivity contribution in [2.45, 2.75) is 36.3 Å². The van der Waals surface area contributed by atoms with Gasteiger partial charge in [0.15, 0.2) is 6.61 Å². The van der Waals surface area contributed by atoms with E-state index in [2.05, 4.69) is 4.98 Å². The van der Waals surface area contributed by atoms with Crippen molar-refractivity contribution in [1.29, 1.82) is 0 Å². The second-order valence-corrected chi connectivity index (χ2v) is 6.46. The lowest BCUT2D eigenvalue weighted by Gasteiger charge is -2.10. The molecule has 2 rings (SSSR count). The number of hydrogen-bond acceptors (Lipinski definition) is 6. The molecule has 0 unspecified atom stereocenters. The number of nitro groups is 1. The highest BCUT2D eigenvalue weighted by molar-refractivity contribution is 7.99. The van der Waals surface area contributed by atoms with Crippen LogP contribution in [-0.4, -0.2) is 20.6 Å². The van der Waals surface area contributed by atoms with E-state index in [1.54, 1.807) is 12.1 Å². The van der Waals surface area contributed by atoms with Crippen molar-refractivity contribution >= 4 is 23.5 Å². The van der Waals surface area contributed by atoms with Gasteiger partial charge in [-0.05, 0) is 12.0 Å². The topological polar surface area (TPSA) is 113 Å². The second-order valence-electron chi connectivity index (χ2n) is 5.40. The van der Waals surface area contributed by atoms with Crippen LogP contribution in [-0.2, 0) is 18.4 Å². The van der Waals surface area contributed by atoms with Crippen LogP contribution < -0.4 is 5.73 Å². The molecule has 0 radical (unpaired) electrons. The van der Waals surface area contributed by atoms with Gasteiger partial charge in [0, 0.05) is 24.1 Å². The molecule has 1 heterocycles. The van der Waals surface area contributed by atoms with E-state index in [9.17, 15) is 14.9 Å². The van der Waals surface area contributed by atoms with Crippen LogP contribution in [0.1, 0.15) is 31.3 Å². The predicted molar refractivity (Wildman–Crippen MR) is 88.9 cm³/mol. The van der Waals surface area contributed by atoms with Crippen molar-refractivity contribution in [3.63, 3.8) is 0 Å². The van der Waals surface area contributed by atoms with Gasteiger partial charge in [0.2, 0.25) is 0 Å². The molecule has 0 saturated heterocycles. The number of imidazole rings is 1. The van der Waals surface area contributed by atoms with Crippen molar-refractivity contribution in [2.24, 2.45) is 12.8 Å². The molecule has 0 atom stereocenters. The maximum Gasteiger partial charge on any atom is 0.404 e. The van der Waals surface area contributed by atoms with Crippen LogP contribution in [0.25, 0.3) is 0 Å². The summed E-state index contributed by atoms with van der Waals surface area (Å²) in [5, 5.41) is 11.6. The first-order valence-corrected chi connectivity index (χ1v) is 8.01. The number of primary amides is 1. The number of non-ortho nitro benzene ring substituents is 1. The number of amides is 1. The third-order valence-corrected chi connectivity index (χ3v) is 4.32. The summed E-state index contributed by atoms with van der Waals surface area (Å²) >= 11 is 1.34. The third-order valence-electron chi connectivity index (χ3n) is 3.33. The molecule has 24 heavy (non-hydrogen) atoms. The molecule has 1 aromatic heterocycles. The summed E-state index contributed by atoms with van der Waals surface area (Å²) in [5.74, 6) is 0.733. The molecule has 2 N–H and O–H groups in total. The number of nitrogens with two attached hydrogens (primary N) is 1. The Labute approximate surface area is 143 Å². The van der Waals surface area contributed by atoms with Crippen LogP contribution in [0.15, 0.2) is 34.2 Å². The predicted octanol–water partition coefficient (Wildman–Crippen LogP) is 3.20. The van der Waals surface area contributed by atoms with E-state index in [1.807, 2.05) is 25.5 Å². The van der Waals surface area contributed by atoms with E-state index < -0.39 is 11.0 Å². The molecule has 0 aliphatic carbocycles. The monoisotopic (exact) mass is 350 g/mol. The molecule has 1 aromatic carbocycles. The molecule has 0 fully saturated rings. The van der Waals surface area contributed by atoms with E-state index in [0.717, 1.165) is 10.7 Å². The Morgan fingerprint density at radius 1 is 1.50 bits per heavy atom. The number of rotatable bonds is 6. The molecule has 0 aliphatic heterocycles. The molecule has 0 bridgehead atoms. The number of nitrogens with zero attached hydrogens (tertiary/aromatic N) is 3. The lowest BCUT2D eigenvalue weighted by Crippen LogP contribution is -2.14. The number of carbonyl (C=O) groups excluding carboxylic acids is 1. The third kappa shape index (κ3) is 4.05. The highest BCUT2D eigenvalue weighted by atomic mass is 32.2. The molecule has 2 aromatic rings. The highest BCUT2D eigenvalue weighted by Gasteiger charge is 2.19. The molecular formula is C15H18N4O4S. The zero-order valence-corrected chi connectivity index (χ0v) is 14.4. The molecule has 1 amide bonds. The van der Waals surface area contributed by atoms with Gasteiger partial charge in [0.1, 0.15) is 10.9 Å². The van der Waals surface area contributed by atoms with Gasteiger partial charge in [-0.3, -0.25) is 10.1 Å². The minimum Gasteiger partial charge on any atom is -0.442 e. The quantitative estimate of drug-likeness (QED) is 0.632. The van der Waals surface area contributed by atoms with Gasteiger partial charge < -0.3 is 15.0 Å². The Morgan fingerprint density at radius 3 is 2.79 bits per heavy atom. The molecular weight excluding hydrogens is 332 g/mol. The lowest BCUT2D eigenvalue weighted by atomic mass is 10.1. The first kappa shape index (κ1) is 17.8. The van der Waals surface area contributed by atoms with E-state index in [-0.39, 0.29) is 18.2 Å². The second kappa shape index (κ2) is 7.35. The molecule has 128 valence electrons. The first-order chi connectivity index (χ1) is 11.3. The summed E-state index contributed by atoms with van der Waals surface area (Å²) in [7, 11) is 1.83. The van der Waals surface area contributed by atoms with Gasteiger partial charge in [0.25, 0.3) is 5.69 Å². The van der Waals surface area contributed by atoms with Crippen LogP contribution in [0.2, 0.25) is 0 Å². The van der Waals surface area contributed by atoms with Crippen LogP contribution in [0.4, 0.5) is 10.5 Å².